The summed E-state index contributed by atoms with van der Waals surface area (Å²) in [4.78, 5) is 19.8. The van der Waals surface area contributed by atoms with Gasteiger partial charge in [-0.1, -0.05) is 55.0 Å². The fourth-order valence-corrected chi connectivity index (χ4v) is 7.00. The highest BCUT2D eigenvalue weighted by molar-refractivity contribution is 8.00. The first-order valence-electron chi connectivity index (χ1n) is 11.5. The number of benzene rings is 1. The summed E-state index contributed by atoms with van der Waals surface area (Å²) in [5, 5.41) is 15.1. The predicted octanol–water partition coefficient (Wildman–Crippen LogP) is 6.47. The molecule has 5 rings (SSSR count). The topological polar surface area (TPSA) is 81.4 Å². The van der Waals surface area contributed by atoms with Crippen LogP contribution < -0.4 is 5.32 Å². The van der Waals surface area contributed by atoms with E-state index in [4.69, 9.17) is 21.3 Å². The van der Waals surface area contributed by atoms with Crippen molar-refractivity contribution in [2.45, 2.75) is 62.6 Å². The number of amides is 1. The molecule has 1 N–H and O–H groups in total. The molecule has 4 aromatic rings. The molecule has 1 aliphatic rings. The summed E-state index contributed by atoms with van der Waals surface area (Å²) in [7, 11) is 0. The second kappa shape index (κ2) is 10.3. The van der Waals surface area contributed by atoms with E-state index < -0.39 is 0 Å². The van der Waals surface area contributed by atoms with Gasteiger partial charge in [-0.2, -0.15) is 0 Å². The summed E-state index contributed by atoms with van der Waals surface area (Å²) in [5.74, 6) is 1.01. The number of fused-ring (bicyclic) bond motifs is 5. The molecule has 1 amide bonds. The molecular weight excluding hydrogens is 522 g/mol. The van der Waals surface area contributed by atoms with Gasteiger partial charge in [0.25, 0.3) is 0 Å². The van der Waals surface area contributed by atoms with Crippen molar-refractivity contribution in [3.05, 3.63) is 39.7 Å². The molecule has 184 valence electrons. The van der Waals surface area contributed by atoms with Crippen LogP contribution in [0.25, 0.3) is 15.9 Å². The van der Waals surface area contributed by atoms with Crippen LogP contribution in [0.5, 0.6) is 0 Å². The first-order chi connectivity index (χ1) is 16.9. The minimum Gasteiger partial charge on any atom is -0.369 e. The molecule has 1 aromatic carbocycles. The van der Waals surface area contributed by atoms with Crippen molar-refractivity contribution >= 4 is 73.9 Å². The number of nitrogens with one attached hydrogen (secondary N) is 1. The number of hydrogen-bond acceptors (Lipinski definition) is 8. The minimum absolute atomic E-state index is 0.130. The summed E-state index contributed by atoms with van der Waals surface area (Å²) < 4.78 is 8.20. The Labute approximate surface area is 221 Å². The zero-order valence-corrected chi connectivity index (χ0v) is 23.0. The number of rotatable bonds is 8. The number of nitrogens with zero attached hydrogens (tertiary/aromatic N) is 4. The number of thiophene rings is 1. The first-order valence-corrected chi connectivity index (χ1v) is 14.7. The van der Waals surface area contributed by atoms with Gasteiger partial charge in [0.15, 0.2) is 16.0 Å². The van der Waals surface area contributed by atoms with Crippen molar-refractivity contribution < 1.29 is 9.53 Å². The number of hydrogen-bond donors (Lipinski definition) is 1. The number of aromatic nitrogens is 4. The van der Waals surface area contributed by atoms with Gasteiger partial charge in [-0.15, -0.1) is 21.5 Å². The molecule has 0 radical (unpaired) electrons. The van der Waals surface area contributed by atoms with E-state index in [9.17, 15) is 4.79 Å². The maximum atomic E-state index is 12.6. The van der Waals surface area contributed by atoms with Crippen molar-refractivity contribution in [2.24, 2.45) is 0 Å². The van der Waals surface area contributed by atoms with Crippen LogP contribution in [-0.4, -0.2) is 42.6 Å². The zero-order valence-electron chi connectivity index (χ0n) is 19.8. The third kappa shape index (κ3) is 5.04. The van der Waals surface area contributed by atoms with Gasteiger partial charge in [0, 0.05) is 27.8 Å². The highest BCUT2D eigenvalue weighted by atomic mass is 35.5. The highest BCUT2D eigenvalue weighted by Crippen LogP contribution is 2.42. The van der Waals surface area contributed by atoms with Gasteiger partial charge in [-0.05, 0) is 43.5 Å². The molecular formula is C24H26ClN5O2S3. The predicted molar refractivity (Wildman–Crippen MR) is 145 cm³/mol. The van der Waals surface area contributed by atoms with E-state index in [0.717, 1.165) is 46.0 Å². The molecule has 0 saturated carbocycles. The Balaban J connectivity index is 1.49. The molecule has 0 bridgehead atoms. The van der Waals surface area contributed by atoms with Crippen LogP contribution in [0.2, 0.25) is 5.02 Å². The summed E-state index contributed by atoms with van der Waals surface area (Å²) in [5.41, 5.74) is 2.56. The third-order valence-electron chi connectivity index (χ3n) is 6.04. The van der Waals surface area contributed by atoms with E-state index in [2.05, 4.69) is 36.3 Å². The summed E-state index contributed by atoms with van der Waals surface area (Å²) in [6, 6.07) is 7.12. The van der Waals surface area contributed by atoms with E-state index >= 15 is 0 Å². The average molecular weight is 548 g/mol. The maximum absolute atomic E-state index is 12.6. The molecule has 1 atom stereocenters. The molecule has 7 nitrogen and oxygen atoms in total. The quantitative estimate of drug-likeness (QED) is 0.200. The van der Waals surface area contributed by atoms with Crippen LogP contribution in [0, 0.1) is 0 Å². The van der Waals surface area contributed by atoms with E-state index in [1.807, 2.05) is 10.5 Å². The van der Waals surface area contributed by atoms with Crippen LogP contribution in [0.1, 0.15) is 44.1 Å². The van der Waals surface area contributed by atoms with E-state index in [1.165, 1.54) is 22.2 Å². The molecule has 0 fully saturated rings. The Kier molecular flexibility index (Phi) is 7.28. The SMILES string of the molecule is CCCSc1nc2sc3c(c2c2nnc(SCC(=O)Nc4cccc(Cl)c4)n12)C[C@](C)(CC)OC3. The molecule has 0 saturated heterocycles. The van der Waals surface area contributed by atoms with Gasteiger partial charge < -0.3 is 10.1 Å². The fourth-order valence-electron chi connectivity index (χ4n) is 4.02. The lowest BCUT2D eigenvalue weighted by atomic mass is 9.90. The lowest BCUT2D eigenvalue weighted by molar-refractivity contribution is -0.113. The van der Waals surface area contributed by atoms with Crippen molar-refractivity contribution in [3.63, 3.8) is 0 Å². The van der Waals surface area contributed by atoms with Gasteiger partial charge >= 0.3 is 0 Å². The second-order valence-electron chi connectivity index (χ2n) is 8.68. The molecule has 4 heterocycles. The molecule has 3 aromatic heterocycles. The Hall–Kier alpha value is -1.85. The molecule has 1 aliphatic heterocycles. The van der Waals surface area contributed by atoms with Crippen LogP contribution >= 0.6 is 46.5 Å². The summed E-state index contributed by atoms with van der Waals surface area (Å²) in [6.07, 6.45) is 2.80. The Morgan fingerprint density at radius 1 is 1.29 bits per heavy atom. The molecule has 0 unspecified atom stereocenters. The Morgan fingerprint density at radius 3 is 2.91 bits per heavy atom. The third-order valence-corrected chi connectivity index (χ3v) is 9.45. The summed E-state index contributed by atoms with van der Waals surface area (Å²) in [6.45, 7) is 7.08. The van der Waals surface area contributed by atoms with Crippen molar-refractivity contribution in [1.82, 2.24) is 19.6 Å². The Morgan fingerprint density at radius 2 is 2.14 bits per heavy atom. The normalized spacial score (nSPS) is 17.7. The minimum atomic E-state index is -0.191. The number of carbonyl (C=O) groups excluding carboxylic acids is 1. The smallest absolute Gasteiger partial charge is 0.234 e. The standard InChI is InChI=1S/C24H26ClN5O2S3/c1-4-9-33-22-27-21-19(16-11-24(3,5-2)32-12-17(16)35-21)20-28-29-23(30(20)22)34-13-18(31)26-15-8-6-7-14(25)10-15/h6-8,10H,4-5,9,11-13H2,1-3H3,(H,26,31)/t24-/m0/s1. The van der Waals surface area contributed by atoms with Crippen LogP contribution in [0.4, 0.5) is 5.69 Å². The van der Waals surface area contributed by atoms with Crippen LogP contribution in [0.15, 0.2) is 34.6 Å². The number of halogens is 1. The number of anilines is 1. The molecule has 11 heteroatoms. The second-order valence-corrected chi connectivity index (χ2v) is 12.2. The van der Waals surface area contributed by atoms with Crippen LogP contribution in [-0.2, 0) is 22.6 Å². The van der Waals surface area contributed by atoms with Gasteiger partial charge in [0.05, 0.1) is 23.3 Å². The first kappa shape index (κ1) is 24.8. The van der Waals surface area contributed by atoms with Gasteiger partial charge in [-0.3, -0.25) is 4.79 Å². The van der Waals surface area contributed by atoms with E-state index in [1.54, 1.807) is 41.3 Å². The Bertz CT molecular complexity index is 1410. The van der Waals surface area contributed by atoms with Gasteiger partial charge in [-0.25, -0.2) is 9.38 Å². The monoisotopic (exact) mass is 547 g/mol. The van der Waals surface area contributed by atoms with Crippen molar-refractivity contribution in [1.29, 1.82) is 0 Å². The maximum Gasteiger partial charge on any atom is 0.234 e. The number of thioether (sulfide) groups is 2. The largest absolute Gasteiger partial charge is 0.369 e. The lowest BCUT2D eigenvalue weighted by Gasteiger charge is -2.33. The van der Waals surface area contributed by atoms with E-state index in [-0.39, 0.29) is 17.3 Å². The van der Waals surface area contributed by atoms with E-state index in [0.29, 0.717) is 22.5 Å². The number of ether oxygens (including phenoxy) is 1. The number of carbonyl (C=O) groups is 1. The molecule has 0 aliphatic carbocycles. The average Bonchev–Trinajstić information content (AvgIpc) is 3.42. The van der Waals surface area contributed by atoms with Crippen molar-refractivity contribution in [2.75, 3.05) is 16.8 Å². The van der Waals surface area contributed by atoms with Crippen molar-refractivity contribution in [3.8, 4) is 0 Å². The zero-order chi connectivity index (χ0) is 24.6. The lowest BCUT2D eigenvalue weighted by Crippen LogP contribution is -2.33. The summed E-state index contributed by atoms with van der Waals surface area (Å²) >= 11 is 10.8. The molecule has 0 spiro atoms. The van der Waals surface area contributed by atoms with Crippen LogP contribution in [0.3, 0.4) is 0 Å². The highest BCUT2D eigenvalue weighted by Gasteiger charge is 2.33. The fraction of sp³-hybridized carbons (Fsp3) is 0.417. The molecule has 35 heavy (non-hydrogen) atoms. The van der Waals surface area contributed by atoms with Gasteiger partial charge in [0.1, 0.15) is 4.83 Å². The van der Waals surface area contributed by atoms with Gasteiger partial charge in [0.2, 0.25) is 5.91 Å².